The van der Waals surface area contributed by atoms with Crippen molar-refractivity contribution >= 4 is 18.3 Å². The molecule has 0 bridgehead atoms. The summed E-state index contributed by atoms with van der Waals surface area (Å²) in [6, 6.07) is 0. The molecule has 1 saturated heterocycles. The molecule has 1 heterocycles. The Morgan fingerprint density at radius 3 is 2.76 bits per heavy atom. The van der Waals surface area contributed by atoms with Crippen molar-refractivity contribution in [3.05, 3.63) is 0 Å². The number of nitrogens with two attached hydrogens (primary N) is 1. The standard InChI is InChI=1S/C12H22N2O2.ClH/c1-16-10-5-6-14(8-10)12(15)11-4-2-3-9(11)7-13;/h9-11H,2-8,13H2,1H3;1H/t9-,10+,11-;/m1./s1. The minimum atomic E-state index is 0. The molecule has 0 radical (unpaired) electrons. The van der Waals surface area contributed by atoms with Crippen molar-refractivity contribution < 1.29 is 9.53 Å². The molecule has 0 unspecified atom stereocenters. The molecule has 1 aliphatic carbocycles. The van der Waals surface area contributed by atoms with Crippen LogP contribution in [0.3, 0.4) is 0 Å². The van der Waals surface area contributed by atoms with Gasteiger partial charge in [0, 0.05) is 26.1 Å². The van der Waals surface area contributed by atoms with Gasteiger partial charge in [0.15, 0.2) is 0 Å². The van der Waals surface area contributed by atoms with Crippen molar-refractivity contribution in [2.24, 2.45) is 17.6 Å². The van der Waals surface area contributed by atoms with Gasteiger partial charge in [-0.25, -0.2) is 0 Å². The quantitative estimate of drug-likeness (QED) is 0.827. The first-order valence-electron chi connectivity index (χ1n) is 6.28. The number of carbonyl (C=O) groups excluding carboxylic acids is 1. The third kappa shape index (κ3) is 3.12. The maximum Gasteiger partial charge on any atom is 0.226 e. The van der Waals surface area contributed by atoms with E-state index in [2.05, 4.69) is 0 Å². The van der Waals surface area contributed by atoms with Gasteiger partial charge in [0.25, 0.3) is 0 Å². The van der Waals surface area contributed by atoms with Gasteiger partial charge in [-0.15, -0.1) is 12.4 Å². The number of likely N-dealkylation sites (tertiary alicyclic amines) is 1. The number of hydrogen-bond donors (Lipinski definition) is 1. The number of halogens is 1. The van der Waals surface area contributed by atoms with Gasteiger partial charge in [0.2, 0.25) is 5.91 Å². The number of amides is 1. The lowest BCUT2D eigenvalue weighted by atomic mass is 9.95. The Labute approximate surface area is 109 Å². The first-order chi connectivity index (χ1) is 7.76. The fourth-order valence-corrected chi connectivity index (χ4v) is 3.00. The summed E-state index contributed by atoms with van der Waals surface area (Å²) in [6.07, 6.45) is 4.51. The molecule has 2 fully saturated rings. The Kier molecular flexibility index (Phi) is 5.70. The van der Waals surface area contributed by atoms with Gasteiger partial charge >= 0.3 is 0 Å². The number of carbonyl (C=O) groups is 1. The van der Waals surface area contributed by atoms with Gasteiger partial charge in [0.1, 0.15) is 0 Å². The number of nitrogens with zero attached hydrogens (tertiary/aromatic N) is 1. The summed E-state index contributed by atoms with van der Waals surface area (Å²) in [6.45, 7) is 2.27. The van der Waals surface area contributed by atoms with E-state index in [0.717, 1.165) is 38.8 Å². The smallest absolute Gasteiger partial charge is 0.226 e. The number of methoxy groups -OCH3 is 1. The molecule has 100 valence electrons. The maximum absolute atomic E-state index is 12.3. The van der Waals surface area contributed by atoms with Crippen LogP contribution < -0.4 is 5.73 Å². The van der Waals surface area contributed by atoms with Crippen molar-refractivity contribution in [3.8, 4) is 0 Å². The largest absolute Gasteiger partial charge is 0.380 e. The van der Waals surface area contributed by atoms with E-state index in [1.807, 2.05) is 4.90 Å². The highest BCUT2D eigenvalue weighted by molar-refractivity contribution is 5.85. The molecule has 0 aromatic rings. The molecule has 3 atom stereocenters. The molecule has 17 heavy (non-hydrogen) atoms. The van der Waals surface area contributed by atoms with E-state index < -0.39 is 0 Å². The zero-order valence-corrected chi connectivity index (χ0v) is 11.2. The Morgan fingerprint density at radius 1 is 1.41 bits per heavy atom. The van der Waals surface area contributed by atoms with Crippen LogP contribution in [0.1, 0.15) is 25.7 Å². The average molecular weight is 263 g/mol. The monoisotopic (exact) mass is 262 g/mol. The predicted molar refractivity (Wildman–Crippen MR) is 69.1 cm³/mol. The highest BCUT2D eigenvalue weighted by Gasteiger charge is 2.37. The average Bonchev–Trinajstić information content (AvgIpc) is 2.96. The lowest BCUT2D eigenvalue weighted by Crippen LogP contribution is -2.38. The number of rotatable bonds is 3. The molecule has 0 aromatic carbocycles. The SMILES string of the molecule is CO[C@H]1CCN(C(=O)[C@@H]2CCC[C@@H]2CN)C1.Cl. The lowest BCUT2D eigenvalue weighted by Gasteiger charge is -2.24. The van der Waals surface area contributed by atoms with Crippen LogP contribution in [-0.2, 0) is 9.53 Å². The van der Waals surface area contributed by atoms with E-state index in [9.17, 15) is 4.79 Å². The zero-order chi connectivity index (χ0) is 11.5. The van der Waals surface area contributed by atoms with Crippen LogP contribution >= 0.6 is 12.4 Å². The number of ether oxygens (including phenoxy) is 1. The molecule has 2 N–H and O–H groups in total. The summed E-state index contributed by atoms with van der Waals surface area (Å²) in [5, 5.41) is 0. The minimum absolute atomic E-state index is 0. The molecule has 4 nitrogen and oxygen atoms in total. The van der Waals surface area contributed by atoms with Gasteiger partial charge in [-0.05, 0) is 31.7 Å². The number of hydrogen-bond acceptors (Lipinski definition) is 3. The van der Waals surface area contributed by atoms with Gasteiger partial charge in [-0.2, -0.15) is 0 Å². The van der Waals surface area contributed by atoms with E-state index in [4.69, 9.17) is 10.5 Å². The first-order valence-corrected chi connectivity index (χ1v) is 6.28. The molecular formula is C12H23ClN2O2. The Balaban J connectivity index is 0.00000144. The van der Waals surface area contributed by atoms with E-state index in [1.165, 1.54) is 0 Å². The Hall–Kier alpha value is -0.320. The van der Waals surface area contributed by atoms with Crippen molar-refractivity contribution in [1.29, 1.82) is 0 Å². The molecule has 5 heteroatoms. The molecule has 0 aromatic heterocycles. The zero-order valence-electron chi connectivity index (χ0n) is 10.4. The normalized spacial score (nSPS) is 32.6. The van der Waals surface area contributed by atoms with Gasteiger partial charge in [0.05, 0.1) is 6.10 Å². The van der Waals surface area contributed by atoms with Crippen LogP contribution in [0.15, 0.2) is 0 Å². The topological polar surface area (TPSA) is 55.6 Å². The van der Waals surface area contributed by atoms with Crippen LogP contribution in [0, 0.1) is 11.8 Å². The van der Waals surface area contributed by atoms with Crippen LogP contribution in [0.5, 0.6) is 0 Å². The third-order valence-electron chi connectivity index (χ3n) is 4.07. The Morgan fingerprint density at radius 2 is 2.18 bits per heavy atom. The third-order valence-corrected chi connectivity index (χ3v) is 4.07. The summed E-state index contributed by atoms with van der Waals surface area (Å²) in [4.78, 5) is 14.3. The molecule has 2 aliphatic rings. The summed E-state index contributed by atoms with van der Waals surface area (Å²) in [5.41, 5.74) is 5.72. The van der Waals surface area contributed by atoms with Gasteiger partial charge in [-0.3, -0.25) is 4.79 Å². The minimum Gasteiger partial charge on any atom is -0.380 e. The molecule has 1 saturated carbocycles. The molecule has 0 spiro atoms. The fraction of sp³-hybridized carbons (Fsp3) is 0.917. The van der Waals surface area contributed by atoms with E-state index in [1.54, 1.807) is 7.11 Å². The maximum atomic E-state index is 12.3. The summed E-state index contributed by atoms with van der Waals surface area (Å²) >= 11 is 0. The summed E-state index contributed by atoms with van der Waals surface area (Å²) < 4.78 is 5.29. The first kappa shape index (κ1) is 14.7. The molecule has 2 rings (SSSR count). The van der Waals surface area contributed by atoms with Crippen LogP contribution in [-0.4, -0.2) is 43.7 Å². The van der Waals surface area contributed by atoms with Crippen LogP contribution in [0.25, 0.3) is 0 Å². The highest BCUT2D eigenvalue weighted by Crippen LogP contribution is 2.33. The van der Waals surface area contributed by atoms with Crippen molar-refractivity contribution in [2.75, 3.05) is 26.7 Å². The van der Waals surface area contributed by atoms with E-state index >= 15 is 0 Å². The summed E-state index contributed by atoms with van der Waals surface area (Å²) in [5.74, 6) is 0.905. The van der Waals surface area contributed by atoms with Gasteiger partial charge in [-0.1, -0.05) is 6.42 Å². The second kappa shape index (κ2) is 6.57. The second-order valence-corrected chi connectivity index (χ2v) is 4.96. The van der Waals surface area contributed by atoms with E-state index in [-0.39, 0.29) is 24.4 Å². The molecule has 1 aliphatic heterocycles. The summed E-state index contributed by atoms with van der Waals surface area (Å²) in [7, 11) is 1.72. The predicted octanol–water partition coefficient (Wildman–Crippen LogP) is 1.03. The second-order valence-electron chi connectivity index (χ2n) is 4.96. The van der Waals surface area contributed by atoms with Crippen molar-refractivity contribution in [3.63, 3.8) is 0 Å². The molecule has 1 amide bonds. The van der Waals surface area contributed by atoms with Gasteiger partial charge < -0.3 is 15.4 Å². The van der Waals surface area contributed by atoms with Crippen LogP contribution in [0.4, 0.5) is 0 Å². The van der Waals surface area contributed by atoms with Crippen molar-refractivity contribution in [2.45, 2.75) is 31.8 Å². The lowest BCUT2D eigenvalue weighted by molar-refractivity contribution is -0.135. The van der Waals surface area contributed by atoms with E-state index in [0.29, 0.717) is 18.4 Å². The fourth-order valence-electron chi connectivity index (χ4n) is 3.00. The Bertz CT molecular complexity index is 263. The van der Waals surface area contributed by atoms with Crippen molar-refractivity contribution in [1.82, 2.24) is 4.90 Å². The van der Waals surface area contributed by atoms with Crippen LogP contribution in [0.2, 0.25) is 0 Å². The molecular weight excluding hydrogens is 240 g/mol. The highest BCUT2D eigenvalue weighted by atomic mass is 35.5.